The lowest BCUT2D eigenvalue weighted by molar-refractivity contribution is -0.139. The van der Waals surface area contributed by atoms with Crippen molar-refractivity contribution in [3.05, 3.63) is 123 Å². The minimum Gasteiger partial charge on any atom is -0.481 e. The summed E-state index contributed by atoms with van der Waals surface area (Å²) in [6.45, 7) is 1.86. The molecule has 0 bridgehead atoms. The molecule has 3 aromatic carbocycles. The molecular formula is C52H60F6N12O4. The van der Waals surface area contributed by atoms with Crippen LogP contribution < -0.4 is 33.2 Å². The highest BCUT2D eigenvalue weighted by Crippen LogP contribution is 2.38. The first-order valence-corrected chi connectivity index (χ1v) is 24.4. The standard InChI is InChI=1S/2C17H18F2N4O.C10H10FNO2.C7H10FN3.CH4/c18-9-1-3-14-12(7-9)11(5-6-21-14)17(24)23-15-4-2-10(19)8-13(15)16(20)22-23;18-9-1-3-14-12(7-9)11(5-6-21-14)17(24)23-16(20)13-8-10(19)2-4-15(13)22-23;11-6-1-2-9-8(5-6)7(10(13)14)3-4-12-9;8-4-1-2-6-5(3-4)7(9)11-10-6;/h1,3,7,10-11,21H,2,4-6,8H2,(H2,20,22);1,3,7,10-11,21H,2,4-6,8,20H2;1-2,5,7,12H,3-4H2,(H,13,14);4H,1-3H2,(H3,9,10,11);1H4/t2*10-,11?;;4-;/m00.0./s1. The molecule has 12 rings (SSSR count). The minimum atomic E-state index is -0.943. The number of hydrogen-bond acceptors (Lipinski definition) is 12. The van der Waals surface area contributed by atoms with E-state index in [9.17, 15) is 40.7 Å². The van der Waals surface area contributed by atoms with Crippen molar-refractivity contribution in [2.24, 2.45) is 0 Å². The van der Waals surface area contributed by atoms with Crippen LogP contribution in [0.5, 0.6) is 0 Å². The van der Waals surface area contributed by atoms with E-state index in [4.69, 9.17) is 22.3 Å². The summed E-state index contributed by atoms with van der Waals surface area (Å²) < 4.78 is 82.7. The highest BCUT2D eigenvalue weighted by molar-refractivity contribution is 5.91. The molecule has 16 nitrogen and oxygen atoms in total. The number of anilines is 6. The first-order valence-electron chi connectivity index (χ1n) is 24.4. The molecular weight excluding hydrogens is 971 g/mol. The number of aryl methyl sites for hydroxylation is 2. The Morgan fingerprint density at radius 1 is 0.568 bits per heavy atom. The van der Waals surface area contributed by atoms with Crippen LogP contribution in [-0.2, 0) is 43.3 Å². The number of nitrogens with zero attached hydrogens (tertiary/aromatic N) is 5. The van der Waals surface area contributed by atoms with Crippen molar-refractivity contribution in [1.29, 1.82) is 0 Å². The molecule has 3 aliphatic heterocycles. The summed E-state index contributed by atoms with van der Waals surface area (Å²) in [5, 5.41) is 33.4. The maximum Gasteiger partial charge on any atom is 0.311 e. The molecule has 3 aliphatic carbocycles. The van der Waals surface area contributed by atoms with Crippen LogP contribution >= 0.6 is 0 Å². The zero-order valence-corrected chi connectivity index (χ0v) is 39.7. The number of aromatic amines is 1. The number of H-pyrrole nitrogens is 1. The van der Waals surface area contributed by atoms with Crippen LogP contribution in [0.3, 0.4) is 0 Å². The summed E-state index contributed by atoms with van der Waals surface area (Å²) in [6, 6.07) is 13.0. The molecule has 0 fully saturated rings. The van der Waals surface area contributed by atoms with Crippen LogP contribution in [0.15, 0.2) is 54.6 Å². The van der Waals surface area contributed by atoms with E-state index >= 15 is 0 Å². The number of alkyl halides is 3. The zero-order valence-electron chi connectivity index (χ0n) is 39.7. The highest BCUT2D eigenvalue weighted by atomic mass is 19.2. The summed E-state index contributed by atoms with van der Waals surface area (Å²) >= 11 is 0. The Kier molecular flexibility index (Phi) is 15.9. The number of rotatable bonds is 3. The van der Waals surface area contributed by atoms with Gasteiger partial charge in [0.05, 0.1) is 29.1 Å². The quantitative estimate of drug-likeness (QED) is 0.0775. The second kappa shape index (κ2) is 22.3. The van der Waals surface area contributed by atoms with Gasteiger partial charge in [0.25, 0.3) is 11.8 Å². The summed E-state index contributed by atoms with van der Waals surface area (Å²) in [5.41, 5.74) is 26.1. The Bertz CT molecular complexity index is 3040. The maximum absolute atomic E-state index is 13.6. The van der Waals surface area contributed by atoms with Gasteiger partial charge in [-0.2, -0.15) is 14.9 Å². The predicted molar refractivity (Wildman–Crippen MR) is 269 cm³/mol. The molecule has 3 aromatic heterocycles. The van der Waals surface area contributed by atoms with Gasteiger partial charge in [0, 0.05) is 78.3 Å². The number of carboxylic acid groups (broad SMARTS) is 1. The molecule has 394 valence electrons. The SMILES string of the molecule is C.Nc1c2c(nn1C(=O)C1CCNc3ccc(F)cc31)CC[C@H](F)C2.Nc1n[nH]c2c1C[C@@H](F)CC2.Nc1nn(C(=O)C2CCNc3ccc(F)cc32)c2c1C[C@@H](F)CC2.O=C(O)C1CCNc2ccc(F)cc21. The molecule has 0 amide bonds. The number of benzene rings is 3. The Balaban J connectivity index is 0.000000137. The monoisotopic (exact) mass is 1030 g/mol. The number of nitrogen functional groups attached to an aromatic ring is 3. The molecule has 22 heteroatoms. The number of nitrogens with one attached hydrogen (secondary N) is 4. The lowest BCUT2D eigenvalue weighted by Crippen LogP contribution is -2.29. The van der Waals surface area contributed by atoms with Crippen molar-refractivity contribution in [1.82, 2.24) is 29.8 Å². The Labute approximate surface area is 422 Å². The van der Waals surface area contributed by atoms with Crippen LogP contribution in [-0.4, -0.2) is 90.8 Å². The fourth-order valence-electron chi connectivity index (χ4n) is 10.5. The van der Waals surface area contributed by atoms with Gasteiger partial charge < -0.3 is 38.3 Å². The second-order valence-electron chi connectivity index (χ2n) is 19.0. The Morgan fingerprint density at radius 3 is 1.57 bits per heavy atom. The number of carbonyl (C=O) groups is 3. The molecule has 6 aliphatic rings. The topological polar surface area (TPSA) is 250 Å². The van der Waals surface area contributed by atoms with Gasteiger partial charge >= 0.3 is 5.97 Å². The summed E-state index contributed by atoms with van der Waals surface area (Å²) in [6.07, 6.45) is 2.81. The maximum atomic E-state index is 13.6. The van der Waals surface area contributed by atoms with Crippen LogP contribution in [0.4, 0.5) is 60.9 Å². The number of halogens is 6. The van der Waals surface area contributed by atoms with Gasteiger partial charge in [-0.1, -0.05) is 7.43 Å². The normalized spacial score (nSPS) is 21.7. The van der Waals surface area contributed by atoms with Crippen LogP contribution in [0.25, 0.3) is 0 Å². The third-order valence-corrected chi connectivity index (χ3v) is 14.3. The van der Waals surface area contributed by atoms with Crippen molar-refractivity contribution in [3.8, 4) is 0 Å². The third kappa shape index (κ3) is 11.0. The largest absolute Gasteiger partial charge is 0.481 e. The number of carbonyl (C=O) groups excluding carboxylic acids is 2. The van der Waals surface area contributed by atoms with E-state index in [-0.39, 0.29) is 55.4 Å². The summed E-state index contributed by atoms with van der Waals surface area (Å²) in [7, 11) is 0. The molecule has 3 unspecified atom stereocenters. The van der Waals surface area contributed by atoms with Crippen molar-refractivity contribution in [3.63, 3.8) is 0 Å². The summed E-state index contributed by atoms with van der Waals surface area (Å²) in [4.78, 5) is 36.9. The molecule has 6 heterocycles. The molecule has 0 spiro atoms. The lowest BCUT2D eigenvalue weighted by Gasteiger charge is -2.26. The van der Waals surface area contributed by atoms with E-state index in [0.717, 1.165) is 34.7 Å². The van der Waals surface area contributed by atoms with Gasteiger partial charge in [0.15, 0.2) is 0 Å². The van der Waals surface area contributed by atoms with Gasteiger partial charge in [0.2, 0.25) is 0 Å². The highest BCUT2D eigenvalue weighted by Gasteiger charge is 2.35. The first-order chi connectivity index (χ1) is 35.0. The van der Waals surface area contributed by atoms with E-state index in [1.807, 2.05) is 0 Å². The number of fused-ring (bicyclic) bond motifs is 6. The van der Waals surface area contributed by atoms with E-state index in [1.165, 1.54) is 45.8 Å². The van der Waals surface area contributed by atoms with Gasteiger partial charge in [-0.15, -0.1) is 5.10 Å². The van der Waals surface area contributed by atoms with Gasteiger partial charge in [-0.3, -0.25) is 19.5 Å². The zero-order chi connectivity index (χ0) is 51.7. The van der Waals surface area contributed by atoms with E-state index in [1.54, 1.807) is 18.2 Å². The molecule has 6 aromatic rings. The van der Waals surface area contributed by atoms with Crippen LogP contribution in [0, 0.1) is 17.5 Å². The lowest BCUT2D eigenvalue weighted by atomic mass is 9.89. The van der Waals surface area contributed by atoms with Gasteiger partial charge in [-0.05, 0) is 129 Å². The molecule has 11 N–H and O–H groups in total. The smallest absolute Gasteiger partial charge is 0.311 e. The van der Waals surface area contributed by atoms with E-state index in [0.29, 0.717) is 122 Å². The van der Waals surface area contributed by atoms with E-state index in [2.05, 4.69) is 36.3 Å². The van der Waals surface area contributed by atoms with Crippen molar-refractivity contribution >= 4 is 52.3 Å². The number of carboxylic acids is 1. The number of aliphatic carboxylic acids is 1. The average molecular weight is 1030 g/mol. The predicted octanol–water partition coefficient (Wildman–Crippen LogP) is 8.61. The molecule has 74 heavy (non-hydrogen) atoms. The molecule has 0 radical (unpaired) electrons. The Hall–Kier alpha value is -7.52. The van der Waals surface area contributed by atoms with Crippen molar-refractivity contribution in [2.45, 2.75) is 121 Å². The Morgan fingerprint density at radius 2 is 1.03 bits per heavy atom. The second-order valence-corrected chi connectivity index (χ2v) is 19.0. The van der Waals surface area contributed by atoms with Crippen LogP contribution in [0.2, 0.25) is 0 Å². The van der Waals surface area contributed by atoms with E-state index < -0.39 is 48.1 Å². The average Bonchev–Trinajstić information content (AvgIpc) is 4.04. The fourth-order valence-corrected chi connectivity index (χ4v) is 10.5. The fraction of sp³-hybridized carbons (Fsp3) is 0.423. The van der Waals surface area contributed by atoms with Gasteiger partial charge in [0.1, 0.15) is 53.4 Å². The summed E-state index contributed by atoms with van der Waals surface area (Å²) in [5.74, 6) is -3.24. The minimum absolute atomic E-state index is 0. The van der Waals surface area contributed by atoms with Gasteiger partial charge in [-0.25, -0.2) is 31.0 Å². The molecule has 6 atom stereocenters. The van der Waals surface area contributed by atoms with Crippen molar-refractivity contribution in [2.75, 3.05) is 52.8 Å². The first kappa shape index (κ1) is 52.8. The molecule has 0 saturated carbocycles. The van der Waals surface area contributed by atoms with Crippen LogP contribution in [0.1, 0.15) is 124 Å². The number of hydrogen-bond donors (Lipinski definition) is 8. The number of aromatic nitrogens is 6. The molecule has 0 saturated heterocycles. The number of nitrogens with two attached hydrogens (primary N) is 3. The third-order valence-electron chi connectivity index (χ3n) is 14.3. The van der Waals surface area contributed by atoms with Crippen molar-refractivity contribution < 1.29 is 45.8 Å².